The smallest absolute Gasteiger partial charge is 0.315 e. The topological polar surface area (TPSA) is 34.0 Å². The van der Waals surface area contributed by atoms with Crippen molar-refractivity contribution in [1.29, 1.82) is 0 Å². The Bertz CT molecular complexity index is 478. The zero-order chi connectivity index (χ0) is 13.9. The highest BCUT2D eigenvalue weighted by molar-refractivity contribution is 5.13. The molecule has 1 heterocycles. The minimum absolute atomic E-state index is 0.328. The van der Waals surface area contributed by atoms with Gasteiger partial charge in [-0.15, -0.1) is 0 Å². The number of pyridine rings is 1. The highest BCUT2D eigenvalue weighted by Crippen LogP contribution is 2.28. The van der Waals surface area contributed by atoms with Gasteiger partial charge in [0.25, 0.3) is 5.56 Å². The van der Waals surface area contributed by atoms with Crippen molar-refractivity contribution in [2.75, 3.05) is 6.54 Å². The van der Waals surface area contributed by atoms with Crippen LogP contribution in [0.1, 0.15) is 31.2 Å². The van der Waals surface area contributed by atoms with Crippen molar-refractivity contribution in [3.63, 3.8) is 0 Å². The molecule has 0 atom stereocenters. The molecule has 0 amide bonds. The maximum atomic E-state index is 12.5. The van der Waals surface area contributed by atoms with Crippen LogP contribution in [0.25, 0.3) is 0 Å². The molecule has 106 valence electrons. The number of hydrogen-bond donors (Lipinski definition) is 1. The molecule has 0 unspecified atom stereocenters. The highest BCUT2D eigenvalue weighted by Gasteiger charge is 2.30. The molecule has 0 aliphatic heterocycles. The van der Waals surface area contributed by atoms with Crippen molar-refractivity contribution in [2.45, 2.75) is 44.4 Å². The molecular formula is C13H17F3N2O. The van der Waals surface area contributed by atoms with Gasteiger partial charge in [-0.25, -0.2) is 0 Å². The summed E-state index contributed by atoms with van der Waals surface area (Å²) in [7, 11) is 0. The lowest BCUT2D eigenvalue weighted by molar-refractivity contribution is -0.138. The van der Waals surface area contributed by atoms with Gasteiger partial charge in [-0.05, 0) is 38.3 Å². The van der Waals surface area contributed by atoms with E-state index in [2.05, 4.69) is 5.32 Å². The second kappa shape index (κ2) is 5.77. The Balaban J connectivity index is 1.85. The van der Waals surface area contributed by atoms with Crippen molar-refractivity contribution >= 4 is 0 Å². The second-order valence-electron chi connectivity index (χ2n) is 4.88. The molecule has 1 aliphatic rings. The number of rotatable bonds is 6. The number of nitrogens with zero attached hydrogens (tertiary/aromatic N) is 1. The minimum atomic E-state index is -4.40. The Kier molecular flexibility index (Phi) is 4.29. The van der Waals surface area contributed by atoms with Gasteiger partial charge in [-0.2, -0.15) is 13.2 Å². The number of aromatic nitrogens is 1. The summed E-state index contributed by atoms with van der Waals surface area (Å²) in [6.07, 6.45) is 0.486. The van der Waals surface area contributed by atoms with Gasteiger partial charge in [0.2, 0.25) is 0 Å². The Hall–Kier alpha value is -1.30. The molecule has 0 spiro atoms. The molecule has 1 aliphatic carbocycles. The van der Waals surface area contributed by atoms with Crippen molar-refractivity contribution in [2.24, 2.45) is 0 Å². The molecule has 0 bridgehead atoms. The summed E-state index contributed by atoms with van der Waals surface area (Å²) in [5.41, 5.74) is -1.16. The SMILES string of the molecule is O=c1ccc(C(F)(F)F)cn1CCCCNC1CC1. The third-order valence-electron chi connectivity index (χ3n) is 3.15. The summed E-state index contributed by atoms with van der Waals surface area (Å²) in [5, 5.41) is 3.33. The standard InChI is InChI=1S/C13H17F3N2O/c14-13(15,16)10-3-6-12(19)18(9-10)8-2-1-7-17-11-4-5-11/h3,6,9,11,17H,1-2,4-5,7-8H2. The molecule has 1 N–H and O–H groups in total. The first kappa shape index (κ1) is 14.1. The molecular weight excluding hydrogens is 257 g/mol. The average Bonchev–Trinajstić information content (AvgIpc) is 3.13. The molecule has 2 rings (SSSR count). The Labute approximate surface area is 109 Å². The van der Waals surface area contributed by atoms with Crippen molar-refractivity contribution < 1.29 is 13.2 Å². The predicted octanol–water partition coefficient (Wildman–Crippen LogP) is 2.40. The molecule has 19 heavy (non-hydrogen) atoms. The van der Waals surface area contributed by atoms with E-state index in [1.165, 1.54) is 12.8 Å². The number of unbranched alkanes of at least 4 members (excludes halogenated alkanes) is 1. The number of aryl methyl sites for hydroxylation is 1. The van der Waals surface area contributed by atoms with Gasteiger partial charge in [0.05, 0.1) is 5.56 Å². The highest BCUT2D eigenvalue weighted by atomic mass is 19.4. The lowest BCUT2D eigenvalue weighted by atomic mass is 10.2. The van der Waals surface area contributed by atoms with E-state index in [1.807, 2.05) is 0 Å². The number of halogens is 3. The molecule has 1 aromatic heterocycles. The van der Waals surface area contributed by atoms with Crippen LogP contribution in [0.15, 0.2) is 23.1 Å². The first-order chi connectivity index (χ1) is 8.97. The molecule has 0 aromatic carbocycles. The van der Waals surface area contributed by atoms with Gasteiger partial charge < -0.3 is 9.88 Å². The third kappa shape index (κ3) is 4.38. The van der Waals surface area contributed by atoms with Crippen molar-refractivity contribution in [3.8, 4) is 0 Å². The predicted molar refractivity (Wildman–Crippen MR) is 66.0 cm³/mol. The van der Waals surface area contributed by atoms with E-state index in [-0.39, 0.29) is 5.56 Å². The summed E-state index contributed by atoms with van der Waals surface area (Å²) in [6, 6.07) is 2.44. The van der Waals surface area contributed by atoms with Gasteiger partial charge in [-0.1, -0.05) is 0 Å². The van der Waals surface area contributed by atoms with Gasteiger partial charge in [-0.3, -0.25) is 4.79 Å². The van der Waals surface area contributed by atoms with Crippen LogP contribution in [0.2, 0.25) is 0 Å². The Morgan fingerprint density at radius 3 is 2.63 bits per heavy atom. The van der Waals surface area contributed by atoms with Crippen molar-refractivity contribution in [1.82, 2.24) is 9.88 Å². The zero-order valence-electron chi connectivity index (χ0n) is 10.5. The molecule has 1 saturated carbocycles. The summed E-state index contributed by atoms with van der Waals surface area (Å²) in [5.74, 6) is 0. The molecule has 1 fully saturated rings. The fourth-order valence-corrected chi connectivity index (χ4v) is 1.87. The Morgan fingerprint density at radius 2 is 2.00 bits per heavy atom. The van der Waals surface area contributed by atoms with Gasteiger partial charge in [0, 0.05) is 24.8 Å². The zero-order valence-corrected chi connectivity index (χ0v) is 10.5. The summed E-state index contributed by atoms with van der Waals surface area (Å²) < 4.78 is 38.7. The number of nitrogens with one attached hydrogen (secondary N) is 1. The fraction of sp³-hybridized carbons (Fsp3) is 0.615. The van der Waals surface area contributed by atoms with Crippen LogP contribution in [0.3, 0.4) is 0 Å². The van der Waals surface area contributed by atoms with Crippen LogP contribution in [-0.4, -0.2) is 17.2 Å². The Morgan fingerprint density at radius 1 is 1.26 bits per heavy atom. The molecule has 0 saturated heterocycles. The van der Waals surface area contributed by atoms with E-state index in [4.69, 9.17) is 0 Å². The van der Waals surface area contributed by atoms with Gasteiger partial charge in [0.1, 0.15) is 0 Å². The molecule has 0 radical (unpaired) electrons. The van der Waals surface area contributed by atoms with E-state index in [0.717, 1.165) is 35.9 Å². The van der Waals surface area contributed by atoms with Crippen LogP contribution in [0.5, 0.6) is 0 Å². The molecule has 3 nitrogen and oxygen atoms in total. The first-order valence-corrected chi connectivity index (χ1v) is 6.48. The summed E-state index contributed by atoms with van der Waals surface area (Å²) in [4.78, 5) is 11.5. The van der Waals surface area contributed by atoms with E-state index in [9.17, 15) is 18.0 Å². The van der Waals surface area contributed by atoms with Crippen LogP contribution in [0.4, 0.5) is 13.2 Å². The minimum Gasteiger partial charge on any atom is -0.315 e. The van der Waals surface area contributed by atoms with Crippen LogP contribution >= 0.6 is 0 Å². The molecule has 1 aromatic rings. The number of hydrogen-bond acceptors (Lipinski definition) is 2. The van der Waals surface area contributed by atoms with E-state index in [0.29, 0.717) is 19.0 Å². The van der Waals surface area contributed by atoms with Gasteiger partial charge in [0.15, 0.2) is 0 Å². The molecule has 6 heteroatoms. The maximum Gasteiger partial charge on any atom is 0.417 e. The lowest BCUT2D eigenvalue weighted by Crippen LogP contribution is -2.22. The largest absolute Gasteiger partial charge is 0.417 e. The normalized spacial score (nSPS) is 15.7. The van der Waals surface area contributed by atoms with E-state index in [1.54, 1.807) is 0 Å². The first-order valence-electron chi connectivity index (χ1n) is 6.48. The average molecular weight is 274 g/mol. The van der Waals surface area contributed by atoms with Crippen LogP contribution < -0.4 is 10.9 Å². The van der Waals surface area contributed by atoms with E-state index >= 15 is 0 Å². The third-order valence-corrected chi connectivity index (χ3v) is 3.15. The fourth-order valence-electron chi connectivity index (χ4n) is 1.87. The maximum absolute atomic E-state index is 12.5. The number of alkyl halides is 3. The van der Waals surface area contributed by atoms with Gasteiger partial charge >= 0.3 is 6.18 Å². The lowest BCUT2D eigenvalue weighted by Gasteiger charge is -2.10. The van der Waals surface area contributed by atoms with Crippen LogP contribution in [0, 0.1) is 0 Å². The van der Waals surface area contributed by atoms with E-state index < -0.39 is 11.7 Å². The second-order valence-corrected chi connectivity index (χ2v) is 4.88. The summed E-state index contributed by atoms with van der Waals surface area (Å²) in [6.45, 7) is 1.19. The summed E-state index contributed by atoms with van der Waals surface area (Å²) >= 11 is 0. The monoisotopic (exact) mass is 274 g/mol. The van der Waals surface area contributed by atoms with Crippen molar-refractivity contribution in [3.05, 3.63) is 34.2 Å². The quantitative estimate of drug-likeness (QED) is 0.808. The van der Waals surface area contributed by atoms with Crippen LogP contribution in [-0.2, 0) is 12.7 Å².